The van der Waals surface area contributed by atoms with Crippen LogP contribution in [0.1, 0.15) is 33.4 Å². The number of fused-ring (bicyclic) bond motifs is 2. The number of piperazine rings is 4. The number of benzene rings is 1. The van der Waals surface area contributed by atoms with Crippen molar-refractivity contribution in [3.8, 4) is 0 Å². The van der Waals surface area contributed by atoms with Gasteiger partial charge in [-0.3, -0.25) is 29.4 Å². The summed E-state index contributed by atoms with van der Waals surface area (Å²) < 4.78 is 2.34. The highest BCUT2D eigenvalue weighted by Gasteiger charge is 2.48. The summed E-state index contributed by atoms with van der Waals surface area (Å²) in [6.45, 7) is 28.2. The Balaban J connectivity index is 1.22. The third-order valence-corrected chi connectivity index (χ3v) is 13.1. The second kappa shape index (κ2) is 15.5. The van der Waals surface area contributed by atoms with Crippen LogP contribution >= 0.6 is 0 Å². The summed E-state index contributed by atoms with van der Waals surface area (Å²) in [4.78, 5) is 15.1. The molecule has 12 heteroatoms. The predicted octanol–water partition coefficient (Wildman–Crippen LogP) is -1.82. The molecule has 7 rings (SSSR count). The summed E-state index contributed by atoms with van der Waals surface area (Å²) >= 11 is 0. The fourth-order valence-corrected chi connectivity index (χ4v) is 9.99. The average molecular weight is 673 g/mol. The maximum atomic E-state index is 9.63. The third kappa shape index (κ3) is 7.51. The van der Waals surface area contributed by atoms with Crippen LogP contribution in [0.25, 0.3) is 0 Å². The summed E-state index contributed by atoms with van der Waals surface area (Å²) in [6.07, 6.45) is 0. The molecule has 0 bridgehead atoms. The fourth-order valence-electron chi connectivity index (χ4n) is 9.99. The van der Waals surface area contributed by atoms with Gasteiger partial charge in [0.1, 0.15) is 26.2 Å². The van der Waals surface area contributed by atoms with E-state index in [0.717, 1.165) is 144 Å². The highest BCUT2D eigenvalue weighted by atomic mass is 16.3. The van der Waals surface area contributed by atoms with Gasteiger partial charge in [0, 0.05) is 140 Å². The van der Waals surface area contributed by atoms with Gasteiger partial charge in [-0.2, -0.15) is 0 Å². The van der Waals surface area contributed by atoms with Crippen LogP contribution in [-0.2, 0) is 39.3 Å². The lowest BCUT2D eigenvalue weighted by Gasteiger charge is -2.42. The Kier molecular flexibility index (Phi) is 11.4. The molecule has 4 saturated heterocycles. The maximum absolute atomic E-state index is 9.63. The highest BCUT2D eigenvalue weighted by Crippen LogP contribution is 2.45. The van der Waals surface area contributed by atoms with Crippen molar-refractivity contribution in [2.45, 2.75) is 39.3 Å². The molecule has 0 aliphatic carbocycles. The standard InChI is InChI=1S/C36H64N8O4/c45-21-13-37-1-5-41(6-2-37)25-31-33-27-43(17-9-39(10-18-43)15-23-47)29-35(33)32(26-42-7-3-38(4-8-42)14-22-46)36-30-44(28-34(31)36)19-11-40(12-20-44)16-24-48/h45-48H,1-30H2/q+2. The van der Waals surface area contributed by atoms with E-state index in [1.807, 2.05) is 0 Å². The van der Waals surface area contributed by atoms with Crippen molar-refractivity contribution in [1.82, 2.24) is 29.4 Å². The molecule has 6 heterocycles. The maximum Gasteiger partial charge on any atom is 0.106 e. The molecule has 0 radical (unpaired) electrons. The highest BCUT2D eigenvalue weighted by molar-refractivity contribution is 5.54. The van der Waals surface area contributed by atoms with Gasteiger partial charge in [-0.1, -0.05) is 0 Å². The molecular weight excluding hydrogens is 608 g/mol. The Morgan fingerprint density at radius 2 is 0.604 bits per heavy atom. The molecule has 6 aliphatic rings. The first-order valence-electron chi connectivity index (χ1n) is 19.1. The van der Waals surface area contributed by atoms with E-state index >= 15 is 0 Å². The minimum absolute atomic E-state index is 0.241. The van der Waals surface area contributed by atoms with Crippen LogP contribution in [0, 0.1) is 0 Å². The molecular formula is C36H64N8O4+2. The van der Waals surface area contributed by atoms with Gasteiger partial charge in [0.15, 0.2) is 0 Å². The van der Waals surface area contributed by atoms with Crippen LogP contribution < -0.4 is 0 Å². The molecule has 12 nitrogen and oxygen atoms in total. The van der Waals surface area contributed by atoms with E-state index in [2.05, 4.69) is 29.4 Å². The zero-order valence-electron chi connectivity index (χ0n) is 29.6. The van der Waals surface area contributed by atoms with Crippen molar-refractivity contribution in [3.63, 3.8) is 0 Å². The Bertz CT molecular complexity index is 1080. The van der Waals surface area contributed by atoms with E-state index in [-0.39, 0.29) is 26.4 Å². The van der Waals surface area contributed by atoms with Crippen molar-refractivity contribution in [2.24, 2.45) is 0 Å². The van der Waals surface area contributed by atoms with Crippen LogP contribution in [0.5, 0.6) is 0 Å². The van der Waals surface area contributed by atoms with Gasteiger partial charge in [0.25, 0.3) is 0 Å². The van der Waals surface area contributed by atoms with Crippen LogP contribution in [0.15, 0.2) is 0 Å². The van der Waals surface area contributed by atoms with E-state index in [1.165, 1.54) is 35.1 Å². The monoisotopic (exact) mass is 673 g/mol. The molecule has 0 atom stereocenters. The zero-order chi connectivity index (χ0) is 33.1. The SMILES string of the molecule is OCCN1CCN(Cc2c3c(c(CN4CCN(CCO)CC4)c4c2C[N+]2(CCN(CCO)CC2)C4)C[N+]2(CCN(CCO)CC2)C3)CC1. The number of aliphatic hydroxyl groups is 4. The number of β-amino-alcohol motifs (C(OH)–C–C–N with tert-alkyl or cyclic N) is 4. The first-order chi connectivity index (χ1) is 23.5. The molecule has 2 spiro atoms. The van der Waals surface area contributed by atoms with Gasteiger partial charge >= 0.3 is 0 Å². The number of aliphatic hydroxyl groups excluding tert-OH is 4. The van der Waals surface area contributed by atoms with Gasteiger partial charge in [-0.25, -0.2) is 0 Å². The molecule has 1 aromatic carbocycles. The molecule has 48 heavy (non-hydrogen) atoms. The van der Waals surface area contributed by atoms with Gasteiger partial charge in [-0.05, 0) is 11.1 Å². The molecule has 0 saturated carbocycles. The Hall–Kier alpha value is -1.26. The van der Waals surface area contributed by atoms with E-state index in [9.17, 15) is 20.4 Å². The van der Waals surface area contributed by atoms with Crippen LogP contribution in [0.2, 0.25) is 0 Å². The summed E-state index contributed by atoms with van der Waals surface area (Å²) in [5.41, 5.74) is 10.0. The molecule has 270 valence electrons. The molecule has 0 amide bonds. The van der Waals surface area contributed by atoms with E-state index < -0.39 is 0 Å². The van der Waals surface area contributed by atoms with E-state index in [1.54, 1.807) is 33.4 Å². The molecule has 4 N–H and O–H groups in total. The Morgan fingerprint density at radius 3 is 0.875 bits per heavy atom. The largest absolute Gasteiger partial charge is 0.395 e. The Morgan fingerprint density at radius 1 is 0.354 bits per heavy atom. The molecule has 6 aliphatic heterocycles. The van der Waals surface area contributed by atoms with Crippen LogP contribution in [0.4, 0.5) is 0 Å². The van der Waals surface area contributed by atoms with Crippen molar-refractivity contribution in [2.75, 3.05) is 157 Å². The van der Waals surface area contributed by atoms with Crippen LogP contribution in [-0.4, -0.2) is 216 Å². The van der Waals surface area contributed by atoms with Crippen molar-refractivity contribution in [3.05, 3.63) is 33.4 Å². The fraction of sp³-hybridized carbons (Fsp3) is 0.833. The van der Waals surface area contributed by atoms with Gasteiger partial charge in [0.05, 0.1) is 52.6 Å². The smallest absolute Gasteiger partial charge is 0.106 e. The molecule has 1 aromatic rings. The summed E-state index contributed by atoms with van der Waals surface area (Å²) in [5, 5.41) is 38.3. The van der Waals surface area contributed by atoms with Gasteiger partial charge in [-0.15, -0.1) is 0 Å². The minimum Gasteiger partial charge on any atom is -0.395 e. The first kappa shape index (κ1) is 35.2. The average Bonchev–Trinajstić information content (AvgIpc) is 3.66. The van der Waals surface area contributed by atoms with Crippen molar-refractivity contribution < 1.29 is 29.4 Å². The van der Waals surface area contributed by atoms with Crippen molar-refractivity contribution >= 4 is 0 Å². The normalized spacial score (nSPS) is 25.8. The summed E-state index contributed by atoms with van der Waals surface area (Å²) in [6, 6.07) is 0. The lowest BCUT2D eigenvalue weighted by molar-refractivity contribution is -0.951. The molecule has 4 fully saturated rings. The number of hydrogen-bond donors (Lipinski definition) is 4. The molecule has 0 aromatic heterocycles. The van der Waals surface area contributed by atoms with E-state index in [4.69, 9.17) is 0 Å². The van der Waals surface area contributed by atoms with Gasteiger partial charge in [0.2, 0.25) is 0 Å². The number of rotatable bonds is 12. The summed E-state index contributed by atoms with van der Waals surface area (Å²) in [5.74, 6) is 0. The van der Waals surface area contributed by atoms with E-state index in [0.29, 0.717) is 0 Å². The topological polar surface area (TPSA) is 100 Å². The number of nitrogens with zero attached hydrogens (tertiary/aromatic N) is 8. The quantitative estimate of drug-likeness (QED) is 0.190. The lowest BCUT2D eigenvalue weighted by Crippen LogP contribution is -2.57. The van der Waals surface area contributed by atoms with Crippen molar-refractivity contribution in [1.29, 1.82) is 0 Å². The summed E-state index contributed by atoms with van der Waals surface area (Å²) in [7, 11) is 0. The third-order valence-electron chi connectivity index (χ3n) is 13.1. The molecule has 0 unspecified atom stereocenters. The second-order valence-corrected chi connectivity index (χ2v) is 15.9. The minimum atomic E-state index is 0.241. The van der Waals surface area contributed by atoms with Crippen LogP contribution in [0.3, 0.4) is 0 Å². The first-order valence-corrected chi connectivity index (χ1v) is 19.1. The number of quaternary nitrogens is 2. The second-order valence-electron chi connectivity index (χ2n) is 15.9. The zero-order valence-corrected chi connectivity index (χ0v) is 29.6. The lowest BCUT2D eigenvalue weighted by atomic mass is 9.88. The number of hydrogen-bond acceptors (Lipinski definition) is 10. The Labute approximate surface area is 288 Å². The predicted molar refractivity (Wildman–Crippen MR) is 186 cm³/mol. The van der Waals surface area contributed by atoms with Gasteiger partial charge < -0.3 is 29.4 Å².